The Kier molecular flexibility index (Phi) is 2.31. The molecule has 2 atom stereocenters. The van der Waals surface area contributed by atoms with Crippen LogP contribution in [-0.2, 0) is 4.79 Å². The third-order valence-electron chi connectivity index (χ3n) is 3.63. The number of carbonyl (C=O) groups excluding carboxylic acids is 1. The van der Waals surface area contributed by atoms with Gasteiger partial charge in [-0.15, -0.1) is 6.58 Å². The summed E-state index contributed by atoms with van der Waals surface area (Å²) in [5.41, 5.74) is 1.01. The topological polar surface area (TPSA) is 37.3 Å². The highest BCUT2D eigenvalue weighted by molar-refractivity contribution is 5.91. The molecule has 1 fully saturated rings. The molecule has 0 amide bonds. The lowest BCUT2D eigenvalue weighted by Crippen LogP contribution is -2.34. The van der Waals surface area contributed by atoms with Crippen LogP contribution >= 0.6 is 0 Å². The predicted molar refractivity (Wildman–Crippen MR) is 54.8 cm³/mol. The first-order valence-corrected chi connectivity index (χ1v) is 5.22. The van der Waals surface area contributed by atoms with Crippen molar-refractivity contribution >= 4 is 5.78 Å². The maximum atomic E-state index is 11.3. The van der Waals surface area contributed by atoms with Crippen LogP contribution in [0.5, 0.6) is 0 Å². The highest BCUT2D eigenvalue weighted by Crippen LogP contribution is 2.51. The van der Waals surface area contributed by atoms with Gasteiger partial charge in [0.15, 0.2) is 5.78 Å². The Bertz CT molecular complexity index is 303. The van der Waals surface area contributed by atoms with E-state index in [2.05, 4.69) is 6.58 Å². The van der Waals surface area contributed by atoms with Gasteiger partial charge in [0.2, 0.25) is 0 Å². The standard InChI is InChI=1S/C12H16O2/c1-2-6-12-7-5-10(13)8-9(12)3-4-11(12)14/h2,8,11,14H,1,3-7H2. The fourth-order valence-electron chi connectivity index (χ4n) is 2.81. The third kappa shape index (κ3) is 1.25. The average molecular weight is 192 g/mol. The molecule has 0 aromatic rings. The van der Waals surface area contributed by atoms with Crippen LogP contribution in [0.2, 0.25) is 0 Å². The molecule has 2 unspecified atom stereocenters. The van der Waals surface area contributed by atoms with E-state index in [-0.39, 0.29) is 17.3 Å². The molecule has 0 spiro atoms. The average Bonchev–Trinajstić information content (AvgIpc) is 2.46. The van der Waals surface area contributed by atoms with Crippen molar-refractivity contribution in [2.24, 2.45) is 5.41 Å². The van der Waals surface area contributed by atoms with E-state index in [4.69, 9.17) is 0 Å². The number of fused-ring (bicyclic) bond motifs is 1. The van der Waals surface area contributed by atoms with Gasteiger partial charge in [0, 0.05) is 11.8 Å². The number of rotatable bonds is 2. The fraction of sp³-hybridized carbons (Fsp3) is 0.583. The number of ketones is 1. The summed E-state index contributed by atoms with van der Waals surface area (Å²) in [4.78, 5) is 11.3. The summed E-state index contributed by atoms with van der Waals surface area (Å²) in [6.07, 6.45) is 7.18. The van der Waals surface area contributed by atoms with Gasteiger partial charge in [-0.25, -0.2) is 0 Å². The summed E-state index contributed by atoms with van der Waals surface area (Å²) < 4.78 is 0. The molecule has 76 valence electrons. The van der Waals surface area contributed by atoms with Gasteiger partial charge in [-0.2, -0.15) is 0 Å². The van der Waals surface area contributed by atoms with Gasteiger partial charge in [-0.05, 0) is 31.8 Å². The smallest absolute Gasteiger partial charge is 0.155 e. The fourth-order valence-corrected chi connectivity index (χ4v) is 2.81. The molecule has 0 aromatic heterocycles. The SMILES string of the molecule is C=CCC12CCC(=O)C=C1CCC2O. The van der Waals surface area contributed by atoms with Crippen LogP contribution in [0, 0.1) is 5.41 Å². The van der Waals surface area contributed by atoms with Crippen LogP contribution in [0.25, 0.3) is 0 Å². The molecule has 1 saturated carbocycles. The maximum absolute atomic E-state index is 11.3. The Labute approximate surface area is 84.3 Å². The normalized spacial score (nSPS) is 36.5. The molecule has 0 saturated heterocycles. The summed E-state index contributed by atoms with van der Waals surface area (Å²) in [6, 6.07) is 0. The molecule has 14 heavy (non-hydrogen) atoms. The highest BCUT2D eigenvalue weighted by atomic mass is 16.3. The summed E-state index contributed by atoms with van der Waals surface area (Å²) >= 11 is 0. The van der Waals surface area contributed by atoms with Gasteiger partial charge >= 0.3 is 0 Å². The molecule has 0 heterocycles. The highest BCUT2D eigenvalue weighted by Gasteiger charge is 2.46. The molecular weight excluding hydrogens is 176 g/mol. The van der Waals surface area contributed by atoms with Crippen LogP contribution < -0.4 is 0 Å². The maximum Gasteiger partial charge on any atom is 0.155 e. The van der Waals surface area contributed by atoms with Gasteiger partial charge in [0.05, 0.1) is 6.10 Å². The van der Waals surface area contributed by atoms with Crippen molar-refractivity contribution in [1.29, 1.82) is 0 Å². The molecule has 2 heteroatoms. The third-order valence-corrected chi connectivity index (χ3v) is 3.63. The monoisotopic (exact) mass is 192 g/mol. The van der Waals surface area contributed by atoms with Crippen LogP contribution in [0.4, 0.5) is 0 Å². The number of hydrogen-bond acceptors (Lipinski definition) is 2. The van der Waals surface area contributed by atoms with Gasteiger partial charge in [-0.1, -0.05) is 11.6 Å². The van der Waals surface area contributed by atoms with Crippen LogP contribution in [0.15, 0.2) is 24.3 Å². The first-order chi connectivity index (χ1) is 6.69. The molecule has 2 rings (SSSR count). The van der Waals surface area contributed by atoms with Crippen molar-refractivity contribution in [2.75, 3.05) is 0 Å². The van der Waals surface area contributed by atoms with E-state index in [1.807, 2.05) is 6.08 Å². The first-order valence-electron chi connectivity index (χ1n) is 5.22. The van der Waals surface area contributed by atoms with Gasteiger partial charge in [0.25, 0.3) is 0 Å². The second kappa shape index (κ2) is 3.35. The van der Waals surface area contributed by atoms with Crippen LogP contribution in [0.1, 0.15) is 32.1 Å². The summed E-state index contributed by atoms with van der Waals surface area (Å²) in [6.45, 7) is 3.74. The van der Waals surface area contributed by atoms with Crippen molar-refractivity contribution < 1.29 is 9.90 Å². The zero-order valence-electron chi connectivity index (χ0n) is 8.33. The molecule has 0 aliphatic heterocycles. The van der Waals surface area contributed by atoms with Gasteiger partial charge in [-0.3, -0.25) is 4.79 Å². The van der Waals surface area contributed by atoms with Crippen molar-refractivity contribution in [3.8, 4) is 0 Å². The van der Waals surface area contributed by atoms with E-state index in [9.17, 15) is 9.90 Å². The van der Waals surface area contributed by atoms with Crippen molar-refractivity contribution in [2.45, 2.75) is 38.2 Å². The Hall–Kier alpha value is -0.890. The summed E-state index contributed by atoms with van der Waals surface area (Å²) in [5.74, 6) is 0.216. The second-order valence-corrected chi connectivity index (χ2v) is 4.34. The quantitative estimate of drug-likeness (QED) is 0.679. The first kappa shape index (κ1) is 9.66. The Balaban J connectivity index is 2.37. The Morgan fingerprint density at radius 2 is 2.43 bits per heavy atom. The Morgan fingerprint density at radius 3 is 3.14 bits per heavy atom. The summed E-state index contributed by atoms with van der Waals surface area (Å²) in [7, 11) is 0. The zero-order chi connectivity index (χ0) is 10.2. The van der Waals surface area contributed by atoms with Crippen molar-refractivity contribution in [3.63, 3.8) is 0 Å². The van der Waals surface area contributed by atoms with E-state index in [1.165, 1.54) is 0 Å². The number of aliphatic hydroxyl groups excluding tert-OH is 1. The molecule has 0 aromatic carbocycles. The minimum Gasteiger partial charge on any atom is -0.392 e. The molecule has 0 radical (unpaired) electrons. The van der Waals surface area contributed by atoms with Gasteiger partial charge in [0.1, 0.15) is 0 Å². The van der Waals surface area contributed by atoms with E-state index in [0.29, 0.717) is 6.42 Å². The van der Waals surface area contributed by atoms with Crippen molar-refractivity contribution in [3.05, 3.63) is 24.3 Å². The van der Waals surface area contributed by atoms with E-state index < -0.39 is 0 Å². The molecular formula is C12H16O2. The molecule has 0 bridgehead atoms. The largest absolute Gasteiger partial charge is 0.392 e. The van der Waals surface area contributed by atoms with E-state index in [0.717, 1.165) is 31.3 Å². The molecule has 2 nitrogen and oxygen atoms in total. The lowest BCUT2D eigenvalue weighted by molar-refractivity contribution is -0.116. The predicted octanol–water partition coefficient (Wildman–Crippen LogP) is 1.99. The minimum atomic E-state index is -0.278. The van der Waals surface area contributed by atoms with Crippen LogP contribution in [-0.4, -0.2) is 17.0 Å². The van der Waals surface area contributed by atoms with E-state index in [1.54, 1.807) is 6.08 Å². The zero-order valence-corrected chi connectivity index (χ0v) is 8.33. The molecule has 2 aliphatic rings. The second-order valence-electron chi connectivity index (χ2n) is 4.34. The molecule has 2 aliphatic carbocycles. The number of hydrogen-bond donors (Lipinski definition) is 1. The lowest BCUT2D eigenvalue weighted by atomic mass is 9.70. The number of allylic oxidation sites excluding steroid dienone is 2. The van der Waals surface area contributed by atoms with Crippen molar-refractivity contribution in [1.82, 2.24) is 0 Å². The number of carbonyl (C=O) groups is 1. The Morgan fingerprint density at radius 1 is 1.64 bits per heavy atom. The summed E-state index contributed by atoms with van der Waals surface area (Å²) in [5, 5.41) is 9.99. The van der Waals surface area contributed by atoms with Gasteiger partial charge < -0.3 is 5.11 Å². The lowest BCUT2D eigenvalue weighted by Gasteiger charge is -2.35. The minimum absolute atomic E-state index is 0.143. The molecule has 1 N–H and O–H groups in total. The number of aliphatic hydroxyl groups is 1. The van der Waals surface area contributed by atoms with E-state index >= 15 is 0 Å². The van der Waals surface area contributed by atoms with Crippen LogP contribution in [0.3, 0.4) is 0 Å².